The number of nitrogens with one attached hydrogen (secondary N) is 1. The van der Waals surface area contributed by atoms with Gasteiger partial charge in [0.05, 0.1) is 31.0 Å². The number of hydrogen-bond acceptors (Lipinski definition) is 5. The number of para-hydroxylation sites is 1. The topological polar surface area (TPSA) is 62.6 Å². The third-order valence-corrected chi connectivity index (χ3v) is 6.89. The van der Waals surface area contributed by atoms with Crippen molar-refractivity contribution >= 4 is 11.6 Å². The molecule has 1 aromatic heterocycles. The summed E-state index contributed by atoms with van der Waals surface area (Å²) >= 11 is 0. The van der Waals surface area contributed by atoms with Crippen molar-refractivity contribution in [2.75, 3.05) is 44.7 Å². The van der Waals surface area contributed by atoms with Gasteiger partial charge >= 0.3 is 0 Å². The number of aryl methyl sites for hydroxylation is 1. The number of anilines is 1. The second-order valence-corrected chi connectivity index (χ2v) is 9.13. The third-order valence-electron chi connectivity index (χ3n) is 6.89. The molecule has 3 aromatic rings. The Bertz CT molecular complexity index is 1140. The van der Waals surface area contributed by atoms with E-state index in [1.807, 2.05) is 42.2 Å². The van der Waals surface area contributed by atoms with Gasteiger partial charge < -0.3 is 15.0 Å². The SMILES string of the molecule is Cc1nn(Cc2ccccc2)c(C)c1[C@H]1Nc2ccccc2C(=O)N1CCCN1CCOCC1. The van der Waals surface area contributed by atoms with E-state index in [4.69, 9.17) is 9.84 Å². The van der Waals surface area contributed by atoms with Gasteiger partial charge in [0.2, 0.25) is 0 Å². The average molecular weight is 460 g/mol. The Morgan fingerprint density at radius 3 is 2.53 bits per heavy atom. The van der Waals surface area contributed by atoms with Crippen LogP contribution < -0.4 is 5.32 Å². The number of carbonyl (C=O) groups excluding carboxylic acids is 1. The second kappa shape index (κ2) is 9.99. The van der Waals surface area contributed by atoms with Crippen molar-refractivity contribution in [1.82, 2.24) is 19.6 Å². The average Bonchev–Trinajstić information content (AvgIpc) is 3.14. The summed E-state index contributed by atoms with van der Waals surface area (Å²) < 4.78 is 7.53. The van der Waals surface area contributed by atoms with Crippen molar-refractivity contribution in [3.63, 3.8) is 0 Å². The Hall–Kier alpha value is -3.16. The number of ether oxygens (including phenoxy) is 1. The minimum atomic E-state index is -0.239. The highest BCUT2D eigenvalue weighted by Gasteiger charge is 2.35. The van der Waals surface area contributed by atoms with Crippen LogP contribution in [0.3, 0.4) is 0 Å². The predicted octanol–water partition coefficient (Wildman–Crippen LogP) is 3.84. The fourth-order valence-electron chi connectivity index (χ4n) is 5.06. The standard InChI is InChI=1S/C27H33N5O2/c1-20-25(21(2)32(29-20)19-22-9-4-3-5-10-22)26-28-24-12-7-6-11-23(24)27(33)31(26)14-8-13-30-15-17-34-18-16-30/h3-7,9-12,26,28H,8,13-19H2,1-2H3/t26-/m0/s1. The van der Waals surface area contributed by atoms with E-state index in [1.54, 1.807) is 0 Å². The maximum absolute atomic E-state index is 13.6. The van der Waals surface area contributed by atoms with Crippen molar-refractivity contribution in [2.45, 2.75) is 33.0 Å². The summed E-state index contributed by atoms with van der Waals surface area (Å²) in [6.07, 6.45) is 0.680. The minimum absolute atomic E-state index is 0.0796. The van der Waals surface area contributed by atoms with E-state index < -0.39 is 0 Å². The highest BCUT2D eigenvalue weighted by molar-refractivity contribution is 6.01. The molecule has 0 spiro atoms. The fraction of sp³-hybridized carbons (Fsp3) is 0.407. The number of rotatable bonds is 7. The van der Waals surface area contributed by atoms with Crippen LogP contribution in [0.4, 0.5) is 5.69 Å². The normalized spacial score (nSPS) is 18.6. The van der Waals surface area contributed by atoms with Crippen LogP contribution in [0.25, 0.3) is 0 Å². The lowest BCUT2D eigenvalue weighted by atomic mass is 10.0. The molecule has 0 aliphatic carbocycles. The number of nitrogens with zero attached hydrogens (tertiary/aromatic N) is 4. The first-order valence-electron chi connectivity index (χ1n) is 12.2. The monoisotopic (exact) mass is 459 g/mol. The van der Waals surface area contributed by atoms with Crippen molar-refractivity contribution in [2.24, 2.45) is 0 Å². The Morgan fingerprint density at radius 2 is 1.74 bits per heavy atom. The Kier molecular flexibility index (Phi) is 6.65. The molecule has 0 saturated carbocycles. The first kappa shape index (κ1) is 22.6. The highest BCUT2D eigenvalue weighted by atomic mass is 16.5. The van der Waals surface area contributed by atoms with Crippen molar-refractivity contribution in [3.8, 4) is 0 Å². The number of amides is 1. The first-order chi connectivity index (χ1) is 16.6. The Labute approximate surface area is 201 Å². The van der Waals surface area contributed by atoms with Crippen molar-refractivity contribution in [1.29, 1.82) is 0 Å². The Balaban J connectivity index is 1.42. The summed E-state index contributed by atoms with van der Waals surface area (Å²) in [5, 5.41) is 8.53. The lowest BCUT2D eigenvalue weighted by molar-refractivity contribution is 0.0348. The molecule has 5 rings (SSSR count). The molecular weight excluding hydrogens is 426 g/mol. The van der Waals surface area contributed by atoms with Crippen molar-refractivity contribution < 1.29 is 9.53 Å². The molecular formula is C27H33N5O2. The van der Waals surface area contributed by atoms with Gasteiger partial charge in [0, 0.05) is 43.1 Å². The number of benzene rings is 2. The number of aromatic nitrogens is 2. The first-order valence-corrected chi connectivity index (χ1v) is 12.2. The van der Waals surface area contributed by atoms with Crippen LogP contribution in [0, 0.1) is 13.8 Å². The van der Waals surface area contributed by atoms with Gasteiger partial charge in [0.1, 0.15) is 6.17 Å². The largest absolute Gasteiger partial charge is 0.379 e. The summed E-state index contributed by atoms with van der Waals surface area (Å²) in [7, 11) is 0. The number of carbonyl (C=O) groups is 1. The van der Waals surface area contributed by atoms with E-state index in [0.29, 0.717) is 13.1 Å². The Morgan fingerprint density at radius 1 is 1.00 bits per heavy atom. The van der Waals surface area contributed by atoms with E-state index in [1.165, 1.54) is 5.56 Å². The smallest absolute Gasteiger partial charge is 0.257 e. The quantitative estimate of drug-likeness (QED) is 0.582. The van der Waals surface area contributed by atoms with Crippen LogP contribution in [0.5, 0.6) is 0 Å². The lowest BCUT2D eigenvalue weighted by Crippen LogP contribution is -2.45. The molecule has 1 amide bonds. The predicted molar refractivity (Wildman–Crippen MR) is 133 cm³/mol. The van der Waals surface area contributed by atoms with Crippen LogP contribution in [-0.4, -0.2) is 64.9 Å². The zero-order chi connectivity index (χ0) is 23.5. The number of hydrogen-bond donors (Lipinski definition) is 1. The van der Waals surface area contributed by atoms with Crippen molar-refractivity contribution in [3.05, 3.63) is 82.7 Å². The maximum atomic E-state index is 13.6. The zero-order valence-electron chi connectivity index (χ0n) is 20.0. The molecule has 1 N–H and O–H groups in total. The van der Waals surface area contributed by atoms with E-state index in [2.05, 4.69) is 46.1 Å². The van der Waals surface area contributed by atoms with Crippen LogP contribution >= 0.6 is 0 Å². The van der Waals surface area contributed by atoms with E-state index in [9.17, 15) is 4.79 Å². The molecule has 2 aromatic carbocycles. The molecule has 0 unspecified atom stereocenters. The third kappa shape index (κ3) is 4.58. The molecule has 1 fully saturated rings. The lowest BCUT2D eigenvalue weighted by Gasteiger charge is -2.39. The zero-order valence-corrected chi connectivity index (χ0v) is 20.0. The summed E-state index contributed by atoms with van der Waals surface area (Å²) in [5.74, 6) is 0.0796. The van der Waals surface area contributed by atoms with E-state index in [-0.39, 0.29) is 12.1 Å². The van der Waals surface area contributed by atoms with Gasteiger partial charge in [-0.05, 0) is 38.0 Å². The summed E-state index contributed by atoms with van der Waals surface area (Å²) in [6, 6.07) is 18.2. The van der Waals surface area contributed by atoms with Crippen LogP contribution in [0.15, 0.2) is 54.6 Å². The van der Waals surface area contributed by atoms with Gasteiger partial charge in [-0.2, -0.15) is 5.10 Å². The maximum Gasteiger partial charge on any atom is 0.257 e. The van der Waals surface area contributed by atoms with Crippen LogP contribution in [0.2, 0.25) is 0 Å². The number of fused-ring (bicyclic) bond motifs is 1. The highest BCUT2D eigenvalue weighted by Crippen LogP contribution is 2.36. The van der Waals surface area contributed by atoms with Crippen LogP contribution in [0.1, 0.15) is 45.5 Å². The molecule has 0 bridgehead atoms. The van der Waals surface area contributed by atoms with Gasteiger partial charge in [-0.15, -0.1) is 0 Å². The van der Waals surface area contributed by atoms with Gasteiger partial charge in [0.15, 0.2) is 0 Å². The molecule has 2 aliphatic heterocycles. The molecule has 7 heteroatoms. The second-order valence-electron chi connectivity index (χ2n) is 9.13. The summed E-state index contributed by atoms with van der Waals surface area (Å²) in [6.45, 7) is 10.0. The van der Waals surface area contributed by atoms with Gasteiger partial charge in [-0.3, -0.25) is 14.4 Å². The number of morpholine rings is 1. The fourth-order valence-corrected chi connectivity index (χ4v) is 5.06. The molecule has 1 saturated heterocycles. The molecule has 2 aliphatic rings. The molecule has 34 heavy (non-hydrogen) atoms. The molecule has 0 radical (unpaired) electrons. The molecule has 3 heterocycles. The molecule has 1 atom stereocenters. The molecule has 7 nitrogen and oxygen atoms in total. The van der Waals surface area contributed by atoms with E-state index in [0.717, 1.165) is 67.5 Å². The molecule has 178 valence electrons. The minimum Gasteiger partial charge on any atom is -0.379 e. The van der Waals surface area contributed by atoms with Gasteiger partial charge in [0.25, 0.3) is 5.91 Å². The summed E-state index contributed by atoms with van der Waals surface area (Å²) in [4.78, 5) is 18.0. The van der Waals surface area contributed by atoms with E-state index >= 15 is 0 Å². The van der Waals surface area contributed by atoms with Gasteiger partial charge in [-0.25, -0.2) is 0 Å². The summed E-state index contributed by atoms with van der Waals surface area (Å²) in [5.41, 5.74) is 5.96. The van der Waals surface area contributed by atoms with Crippen LogP contribution in [-0.2, 0) is 11.3 Å². The van der Waals surface area contributed by atoms with Gasteiger partial charge in [-0.1, -0.05) is 42.5 Å².